The quantitative estimate of drug-likeness (QED) is 0.868. The van der Waals surface area contributed by atoms with Crippen LogP contribution in [-0.4, -0.2) is 19.1 Å². The van der Waals surface area contributed by atoms with Crippen LogP contribution in [-0.2, 0) is 6.54 Å². The summed E-state index contributed by atoms with van der Waals surface area (Å²) in [4.78, 5) is 0. The van der Waals surface area contributed by atoms with Gasteiger partial charge in [-0.05, 0) is 25.5 Å². The molecule has 1 aliphatic heterocycles. The highest BCUT2D eigenvalue weighted by Crippen LogP contribution is 2.20. The first-order chi connectivity index (χ1) is 8.93. The Bertz CT molecular complexity index is 500. The van der Waals surface area contributed by atoms with Gasteiger partial charge in [-0.1, -0.05) is 24.6 Å². The van der Waals surface area contributed by atoms with Crippen molar-refractivity contribution in [2.75, 3.05) is 13.1 Å². The van der Waals surface area contributed by atoms with Crippen molar-refractivity contribution in [3.8, 4) is 0 Å². The minimum absolute atomic E-state index is 0.636. The lowest BCUT2D eigenvalue weighted by Gasteiger charge is -2.23. The smallest absolute Gasteiger partial charge is 0.134 e. The third-order valence-corrected chi connectivity index (χ3v) is 3.68. The van der Waals surface area contributed by atoms with Gasteiger partial charge in [0.25, 0.3) is 0 Å². The van der Waals surface area contributed by atoms with Crippen molar-refractivity contribution in [1.29, 1.82) is 0 Å². The summed E-state index contributed by atoms with van der Waals surface area (Å²) in [6, 6.07) is 8.84. The van der Waals surface area contributed by atoms with E-state index in [1.807, 2.05) is 18.4 Å². The van der Waals surface area contributed by atoms with E-state index in [1.165, 1.54) is 36.8 Å². The Morgan fingerprint density at radius 2 is 2.22 bits per heavy atom. The summed E-state index contributed by atoms with van der Waals surface area (Å²) < 4.78 is 5.54. The predicted molar refractivity (Wildman–Crippen MR) is 73.6 cm³/mol. The summed E-state index contributed by atoms with van der Waals surface area (Å²) >= 11 is 0. The molecule has 1 aromatic heterocycles. The summed E-state index contributed by atoms with van der Waals surface area (Å²) in [5.74, 6) is 0. The van der Waals surface area contributed by atoms with Crippen molar-refractivity contribution >= 4 is 11.0 Å². The molecular formula is C15H20N2O. The van der Waals surface area contributed by atoms with Crippen molar-refractivity contribution in [3.63, 3.8) is 0 Å². The van der Waals surface area contributed by atoms with Crippen LogP contribution in [0.5, 0.6) is 0 Å². The second-order valence-corrected chi connectivity index (χ2v) is 5.03. The van der Waals surface area contributed by atoms with Crippen LogP contribution >= 0.6 is 0 Å². The Balaban J connectivity index is 1.56. The van der Waals surface area contributed by atoms with Crippen LogP contribution in [0.15, 0.2) is 34.9 Å². The zero-order valence-electron chi connectivity index (χ0n) is 10.6. The van der Waals surface area contributed by atoms with Crippen LogP contribution < -0.4 is 10.6 Å². The minimum Gasteiger partial charge on any atom is -0.464 e. The van der Waals surface area contributed by atoms with Gasteiger partial charge in [-0.3, -0.25) is 0 Å². The van der Waals surface area contributed by atoms with E-state index in [4.69, 9.17) is 4.42 Å². The van der Waals surface area contributed by atoms with Gasteiger partial charge in [-0.2, -0.15) is 0 Å². The van der Waals surface area contributed by atoms with E-state index in [1.54, 1.807) is 0 Å². The SMILES string of the molecule is c1ccc2c(CNCC3CCCCN3)coc2c1. The highest BCUT2D eigenvalue weighted by atomic mass is 16.3. The molecule has 2 N–H and O–H groups in total. The molecule has 3 nitrogen and oxygen atoms in total. The Morgan fingerprint density at radius 1 is 1.28 bits per heavy atom. The fourth-order valence-electron chi connectivity index (χ4n) is 2.65. The lowest BCUT2D eigenvalue weighted by Crippen LogP contribution is -2.41. The van der Waals surface area contributed by atoms with E-state index in [-0.39, 0.29) is 0 Å². The van der Waals surface area contributed by atoms with Crippen LogP contribution in [0.1, 0.15) is 24.8 Å². The van der Waals surface area contributed by atoms with Crippen molar-refractivity contribution in [3.05, 3.63) is 36.1 Å². The molecule has 0 saturated carbocycles. The van der Waals surface area contributed by atoms with Crippen LogP contribution in [0.25, 0.3) is 11.0 Å². The molecule has 0 amide bonds. The molecule has 1 unspecified atom stereocenters. The van der Waals surface area contributed by atoms with Gasteiger partial charge in [0.1, 0.15) is 5.58 Å². The number of fused-ring (bicyclic) bond motifs is 1. The van der Waals surface area contributed by atoms with Gasteiger partial charge < -0.3 is 15.1 Å². The maximum absolute atomic E-state index is 5.54. The van der Waals surface area contributed by atoms with Crippen LogP contribution in [0.4, 0.5) is 0 Å². The number of piperidine rings is 1. The fourth-order valence-corrected chi connectivity index (χ4v) is 2.65. The average Bonchev–Trinajstić information content (AvgIpc) is 2.84. The molecular weight excluding hydrogens is 224 g/mol. The lowest BCUT2D eigenvalue weighted by atomic mass is 10.1. The zero-order chi connectivity index (χ0) is 12.2. The number of furan rings is 1. The Morgan fingerprint density at radius 3 is 3.11 bits per heavy atom. The molecule has 3 rings (SSSR count). The average molecular weight is 244 g/mol. The van der Waals surface area contributed by atoms with Gasteiger partial charge in [0, 0.05) is 30.1 Å². The molecule has 1 atom stereocenters. The lowest BCUT2D eigenvalue weighted by molar-refractivity contribution is 0.383. The molecule has 3 heteroatoms. The third-order valence-electron chi connectivity index (χ3n) is 3.68. The molecule has 1 aromatic carbocycles. The van der Waals surface area contributed by atoms with Crippen LogP contribution in [0, 0.1) is 0 Å². The van der Waals surface area contributed by atoms with E-state index < -0.39 is 0 Å². The highest BCUT2D eigenvalue weighted by Gasteiger charge is 2.12. The second kappa shape index (κ2) is 5.55. The Kier molecular flexibility index (Phi) is 3.62. The van der Waals surface area contributed by atoms with Crippen LogP contribution in [0.3, 0.4) is 0 Å². The Labute approximate surface area is 108 Å². The number of rotatable bonds is 4. The minimum atomic E-state index is 0.636. The van der Waals surface area contributed by atoms with E-state index in [2.05, 4.69) is 22.8 Å². The molecule has 1 aliphatic rings. The largest absolute Gasteiger partial charge is 0.464 e. The first kappa shape index (κ1) is 11.8. The zero-order valence-corrected chi connectivity index (χ0v) is 10.6. The van der Waals surface area contributed by atoms with Crippen molar-refractivity contribution in [2.45, 2.75) is 31.8 Å². The van der Waals surface area contributed by atoms with E-state index in [0.717, 1.165) is 18.7 Å². The van der Waals surface area contributed by atoms with Crippen molar-refractivity contribution < 1.29 is 4.42 Å². The van der Waals surface area contributed by atoms with Gasteiger partial charge in [0.2, 0.25) is 0 Å². The van der Waals surface area contributed by atoms with Crippen LogP contribution in [0.2, 0.25) is 0 Å². The summed E-state index contributed by atoms with van der Waals surface area (Å²) in [5, 5.41) is 8.30. The van der Waals surface area contributed by atoms with Gasteiger partial charge >= 0.3 is 0 Å². The summed E-state index contributed by atoms with van der Waals surface area (Å²) in [5.41, 5.74) is 2.23. The maximum Gasteiger partial charge on any atom is 0.134 e. The number of benzene rings is 1. The second-order valence-electron chi connectivity index (χ2n) is 5.03. The predicted octanol–water partition coefficient (Wildman–Crippen LogP) is 2.66. The van der Waals surface area contributed by atoms with Gasteiger partial charge in [0.05, 0.1) is 6.26 Å². The molecule has 0 aliphatic carbocycles. The topological polar surface area (TPSA) is 37.2 Å². The van der Waals surface area contributed by atoms with E-state index in [9.17, 15) is 0 Å². The summed E-state index contributed by atoms with van der Waals surface area (Å²) in [7, 11) is 0. The summed E-state index contributed by atoms with van der Waals surface area (Å²) in [6.45, 7) is 3.09. The fraction of sp³-hybridized carbons (Fsp3) is 0.467. The molecule has 0 radical (unpaired) electrons. The monoisotopic (exact) mass is 244 g/mol. The first-order valence-corrected chi connectivity index (χ1v) is 6.83. The first-order valence-electron chi connectivity index (χ1n) is 6.83. The molecule has 0 bridgehead atoms. The Hall–Kier alpha value is -1.32. The molecule has 0 spiro atoms. The highest BCUT2D eigenvalue weighted by molar-refractivity contribution is 5.80. The van der Waals surface area contributed by atoms with Gasteiger partial charge in [-0.25, -0.2) is 0 Å². The standard InChI is InChI=1S/C15H20N2O/c1-2-7-15-14(6-1)12(11-18-15)9-16-10-13-5-3-4-8-17-13/h1-2,6-7,11,13,16-17H,3-5,8-10H2. The van der Waals surface area contributed by atoms with Crippen molar-refractivity contribution in [2.24, 2.45) is 0 Å². The number of para-hydroxylation sites is 1. The maximum atomic E-state index is 5.54. The normalized spacial score (nSPS) is 20.3. The molecule has 1 saturated heterocycles. The molecule has 18 heavy (non-hydrogen) atoms. The molecule has 2 heterocycles. The number of hydrogen-bond acceptors (Lipinski definition) is 3. The van der Waals surface area contributed by atoms with Crippen molar-refractivity contribution in [1.82, 2.24) is 10.6 Å². The summed E-state index contributed by atoms with van der Waals surface area (Å²) in [6.07, 6.45) is 5.84. The molecule has 96 valence electrons. The number of nitrogens with one attached hydrogen (secondary N) is 2. The van der Waals surface area contributed by atoms with Gasteiger partial charge in [0.15, 0.2) is 0 Å². The number of hydrogen-bond donors (Lipinski definition) is 2. The van der Waals surface area contributed by atoms with E-state index in [0.29, 0.717) is 6.04 Å². The van der Waals surface area contributed by atoms with E-state index >= 15 is 0 Å². The molecule has 2 aromatic rings. The van der Waals surface area contributed by atoms with Gasteiger partial charge in [-0.15, -0.1) is 0 Å². The molecule has 1 fully saturated rings. The third kappa shape index (κ3) is 2.57.